The molecular formula is C13H15N3O2S. The summed E-state index contributed by atoms with van der Waals surface area (Å²) < 4.78 is 4.91. The van der Waals surface area contributed by atoms with E-state index in [-0.39, 0.29) is 5.91 Å². The number of aryl methyl sites for hydroxylation is 1. The SMILES string of the molecule is Cc1cc(NC(=O)CN2CCc3sccc3C2)no1. The molecular weight excluding hydrogens is 262 g/mol. The van der Waals surface area contributed by atoms with Crippen molar-refractivity contribution in [3.05, 3.63) is 33.7 Å². The van der Waals surface area contributed by atoms with Gasteiger partial charge in [0.1, 0.15) is 5.76 Å². The number of aromatic nitrogens is 1. The summed E-state index contributed by atoms with van der Waals surface area (Å²) in [6.07, 6.45) is 1.03. The molecule has 0 aliphatic carbocycles. The molecule has 3 heterocycles. The van der Waals surface area contributed by atoms with Crippen LogP contribution in [-0.4, -0.2) is 29.1 Å². The number of hydrogen-bond acceptors (Lipinski definition) is 5. The van der Waals surface area contributed by atoms with Crippen LogP contribution >= 0.6 is 11.3 Å². The third-order valence-corrected chi connectivity index (χ3v) is 4.17. The molecule has 0 spiro atoms. The Balaban J connectivity index is 1.56. The molecule has 2 aromatic rings. The van der Waals surface area contributed by atoms with Gasteiger partial charge in [-0.05, 0) is 30.4 Å². The monoisotopic (exact) mass is 277 g/mol. The Morgan fingerprint density at radius 1 is 1.63 bits per heavy atom. The highest BCUT2D eigenvalue weighted by Gasteiger charge is 2.19. The van der Waals surface area contributed by atoms with E-state index in [4.69, 9.17) is 4.52 Å². The van der Waals surface area contributed by atoms with Crippen molar-refractivity contribution < 1.29 is 9.32 Å². The number of amides is 1. The summed E-state index contributed by atoms with van der Waals surface area (Å²) in [6, 6.07) is 3.86. The van der Waals surface area contributed by atoms with E-state index < -0.39 is 0 Å². The van der Waals surface area contributed by atoms with Gasteiger partial charge < -0.3 is 9.84 Å². The van der Waals surface area contributed by atoms with Crippen LogP contribution in [0.4, 0.5) is 5.82 Å². The maximum absolute atomic E-state index is 11.9. The number of nitrogens with one attached hydrogen (secondary N) is 1. The van der Waals surface area contributed by atoms with Crippen molar-refractivity contribution in [1.29, 1.82) is 0 Å². The van der Waals surface area contributed by atoms with Crippen LogP contribution in [0.3, 0.4) is 0 Å². The average Bonchev–Trinajstić information content (AvgIpc) is 2.97. The number of carbonyl (C=O) groups excluding carboxylic acids is 1. The molecule has 0 atom stereocenters. The van der Waals surface area contributed by atoms with Crippen LogP contribution in [0.25, 0.3) is 0 Å². The first-order chi connectivity index (χ1) is 9.20. The molecule has 2 aromatic heterocycles. The van der Waals surface area contributed by atoms with E-state index in [9.17, 15) is 4.79 Å². The number of nitrogens with zero attached hydrogens (tertiary/aromatic N) is 2. The number of rotatable bonds is 3. The normalized spacial score (nSPS) is 15.2. The molecule has 0 unspecified atom stereocenters. The van der Waals surface area contributed by atoms with Crippen LogP contribution in [0.15, 0.2) is 22.0 Å². The van der Waals surface area contributed by atoms with Crippen molar-refractivity contribution in [2.24, 2.45) is 0 Å². The van der Waals surface area contributed by atoms with Gasteiger partial charge in [0.15, 0.2) is 5.82 Å². The van der Waals surface area contributed by atoms with Gasteiger partial charge in [-0.1, -0.05) is 5.16 Å². The van der Waals surface area contributed by atoms with Gasteiger partial charge in [0.2, 0.25) is 5.91 Å². The summed E-state index contributed by atoms with van der Waals surface area (Å²) in [5.41, 5.74) is 1.35. The number of hydrogen-bond donors (Lipinski definition) is 1. The molecule has 100 valence electrons. The summed E-state index contributed by atoms with van der Waals surface area (Å²) in [7, 11) is 0. The molecule has 19 heavy (non-hydrogen) atoms. The van der Waals surface area contributed by atoms with Crippen molar-refractivity contribution >= 4 is 23.1 Å². The molecule has 0 saturated carbocycles. The fourth-order valence-electron chi connectivity index (χ4n) is 2.25. The number of carbonyl (C=O) groups is 1. The molecule has 0 radical (unpaired) electrons. The number of anilines is 1. The Bertz CT molecular complexity index is 590. The third kappa shape index (κ3) is 2.85. The fraction of sp³-hybridized carbons (Fsp3) is 0.385. The first kappa shape index (κ1) is 12.4. The van der Waals surface area contributed by atoms with Gasteiger partial charge >= 0.3 is 0 Å². The van der Waals surface area contributed by atoms with E-state index in [1.165, 1.54) is 10.4 Å². The van der Waals surface area contributed by atoms with E-state index >= 15 is 0 Å². The zero-order valence-electron chi connectivity index (χ0n) is 10.7. The molecule has 1 aliphatic heterocycles. The predicted octanol–water partition coefficient (Wildman–Crippen LogP) is 2.04. The molecule has 0 fully saturated rings. The van der Waals surface area contributed by atoms with Crippen LogP contribution in [0.1, 0.15) is 16.2 Å². The number of fused-ring (bicyclic) bond motifs is 1. The van der Waals surface area contributed by atoms with Crippen molar-refractivity contribution in [3.8, 4) is 0 Å². The zero-order chi connectivity index (χ0) is 13.2. The van der Waals surface area contributed by atoms with E-state index in [1.807, 2.05) is 0 Å². The topological polar surface area (TPSA) is 58.4 Å². The minimum atomic E-state index is -0.0491. The van der Waals surface area contributed by atoms with E-state index in [0.29, 0.717) is 18.1 Å². The van der Waals surface area contributed by atoms with E-state index in [2.05, 4.69) is 26.8 Å². The molecule has 0 bridgehead atoms. The molecule has 1 aliphatic rings. The third-order valence-electron chi connectivity index (χ3n) is 3.15. The van der Waals surface area contributed by atoms with Gasteiger partial charge in [0, 0.05) is 24.0 Å². The highest BCUT2D eigenvalue weighted by Crippen LogP contribution is 2.23. The summed E-state index contributed by atoms with van der Waals surface area (Å²) in [4.78, 5) is 15.5. The maximum atomic E-state index is 11.9. The summed E-state index contributed by atoms with van der Waals surface area (Å²) in [5.74, 6) is 1.12. The van der Waals surface area contributed by atoms with Crippen LogP contribution in [0, 0.1) is 6.92 Å². The second kappa shape index (κ2) is 5.14. The van der Waals surface area contributed by atoms with Crippen LogP contribution in [-0.2, 0) is 17.8 Å². The van der Waals surface area contributed by atoms with Gasteiger partial charge in [-0.15, -0.1) is 11.3 Å². The predicted molar refractivity (Wildman–Crippen MR) is 73.2 cm³/mol. The van der Waals surface area contributed by atoms with E-state index in [0.717, 1.165) is 19.5 Å². The van der Waals surface area contributed by atoms with Gasteiger partial charge in [0.25, 0.3) is 0 Å². The lowest BCUT2D eigenvalue weighted by Crippen LogP contribution is -2.36. The lowest BCUT2D eigenvalue weighted by atomic mass is 10.1. The Morgan fingerprint density at radius 2 is 2.53 bits per heavy atom. The first-order valence-corrected chi connectivity index (χ1v) is 7.09. The summed E-state index contributed by atoms with van der Waals surface area (Å²) >= 11 is 1.80. The average molecular weight is 277 g/mol. The Morgan fingerprint density at radius 3 is 3.32 bits per heavy atom. The minimum absolute atomic E-state index is 0.0491. The molecule has 3 rings (SSSR count). The second-order valence-corrected chi connectivity index (χ2v) is 5.70. The minimum Gasteiger partial charge on any atom is -0.360 e. The molecule has 1 amide bonds. The molecule has 1 N–H and O–H groups in total. The van der Waals surface area contributed by atoms with Crippen molar-refractivity contribution in [2.75, 3.05) is 18.4 Å². The van der Waals surface area contributed by atoms with Crippen molar-refractivity contribution in [3.63, 3.8) is 0 Å². The van der Waals surface area contributed by atoms with Gasteiger partial charge in [-0.25, -0.2) is 0 Å². The first-order valence-electron chi connectivity index (χ1n) is 6.21. The molecule has 6 heteroatoms. The van der Waals surface area contributed by atoms with Crippen molar-refractivity contribution in [1.82, 2.24) is 10.1 Å². The highest BCUT2D eigenvalue weighted by molar-refractivity contribution is 7.10. The van der Waals surface area contributed by atoms with Crippen LogP contribution < -0.4 is 5.32 Å². The quantitative estimate of drug-likeness (QED) is 0.932. The molecule has 0 saturated heterocycles. The molecule has 0 aromatic carbocycles. The van der Waals surface area contributed by atoms with Crippen molar-refractivity contribution in [2.45, 2.75) is 19.9 Å². The largest absolute Gasteiger partial charge is 0.360 e. The lowest BCUT2D eigenvalue weighted by molar-refractivity contribution is -0.117. The Kier molecular flexibility index (Phi) is 3.35. The van der Waals surface area contributed by atoms with Gasteiger partial charge in [0.05, 0.1) is 6.54 Å². The van der Waals surface area contributed by atoms with Gasteiger partial charge in [-0.2, -0.15) is 0 Å². The smallest absolute Gasteiger partial charge is 0.239 e. The second-order valence-electron chi connectivity index (χ2n) is 4.70. The van der Waals surface area contributed by atoms with Crippen LogP contribution in [0.5, 0.6) is 0 Å². The Hall–Kier alpha value is -1.66. The number of thiophene rings is 1. The van der Waals surface area contributed by atoms with E-state index in [1.54, 1.807) is 24.3 Å². The van der Waals surface area contributed by atoms with Crippen LogP contribution in [0.2, 0.25) is 0 Å². The maximum Gasteiger partial charge on any atom is 0.239 e. The zero-order valence-corrected chi connectivity index (χ0v) is 11.5. The van der Waals surface area contributed by atoms with Gasteiger partial charge in [-0.3, -0.25) is 9.69 Å². The fourth-order valence-corrected chi connectivity index (χ4v) is 3.14. The summed E-state index contributed by atoms with van der Waals surface area (Å²) in [5, 5.41) is 8.62. The molecule has 5 nitrogen and oxygen atoms in total. The lowest BCUT2D eigenvalue weighted by Gasteiger charge is -2.25. The highest BCUT2D eigenvalue weighted by atomic mass is 32.1. The standard InChI is InChI=1S/C13H15N3O2S/c1-9-6-12(15-18-9)14-13(17)8-16-4-2-11-10(7-16)3-5-19-11/h3,5-6H,2,4,7-8H2,1H3,(H,14,15,17). The Labute approximate surface area is 115 Å². The summed E-state index contributed by atoms with van der Waals surface area (Å²) in [6.45, 7) is 3.97.